The third-order valence-electron chi connectivity index (χ3n) is 3.88. The van der Waals surface area contributed by atoms with Crippen molar-refractivity contribution in [2.75, 3.05) is 6.54 Å². The van der Waals surface area contributed by atoms with Gasteiger partial charge >= 0.3 is 6.18 Å². The van der Waals surface area contributed by atoms with Crippen LogP contribution in [0.4, 0.5) is 17.6 Å². The molecule has 0 aliphatic heterocycles. The second kappa shape index (κ2) is 7.78. The number of alkyl halides is 3. The number of nitrogens with one attached hydrogen (secondary N) is 1. The van der Waals surface area contributed by atoms with Gasteiger partial charge in [0.25, 0.3) is 0 Å². The van der Waals surface area contributed by atoms with Gasteiger partial charge in [0.05, 0.1) is 5.56 Å². The molecule has 1 unspecified atom stereocenters. The number of hydrogen-bond donors (Lipinski definition) is 1. The van der Waals surface area contributed by atoms with Gasteiger partial charge in [-0.15, -0.1) is 0 Å². The first kappa shape index (κ1) is 18.0. The average molecular weight is 305 g/mol. The average Bonchev–Trinajstić information content (AvgIpc) is 2.42. The third-order valence-corrected chi connectivity index (χ3v) is 3.88. The molecule has 120 valence electrons. The minimum atomic E-state index is -4.66. The van der Waals surface area contributed by atoms with Gasteiger partial charge in [0, 0.05) is 11.6 Å². The molecule has 1 rings (SSSR count). The van der Waals surface area contributed by atoms with Gasteiger partial charge in [0.15, 0.2) is 0 Å². The van der Waals surface area contributed by atoms with Crippen molar-refractivity contribution in [1.82, 2.24) is 5.32 Å². The molecule has 1 nitrogen and oxygen atoms in total. The van der Waals surface area contributed by atoms with E-state index in [1.54, 1.807) is 0 Å². The Morgan fingerprint density at radius 3 is 2.19 bits per heavy atom. The number of rotatable bonds is 7. The van der Waals surface area contributed by atoms with Crippen molar-refractivity contribution in [2.45, 2.75) is 52.3 Å². The lowest BCUT2D eigenvalue weighted by Crippen LogP contribution is -2.25. The predicted molar refractivity (Wildman–Crippen MR) is 76.5 cm³/mol. The van der Waals surface area contributed by atoms with Crippen molar-refractivity contribution < 1.29 is 17.6 Å². The largest absolute Gasteiger partial charge is 0.419 e. The van der Waals surface area contributed by atoms with E-state index in [9.17, 15) is 17.6 Å². The van der Waals surface area contributed by atoms with E-state index < -0.39 is 17.6 Å². The summed E-state index contributed by atoms with van der Waals surface area (Å²) in [5, 5.41) is 3.11. The molecule has 0 spiro atoms. The van der Waals surface area contributed by atoms with Crippen LogP contribution in [0.3, 0.4) is 0 Å². The Morgan fingerprint density at radius 2 is 1.71 bits per heavy atom. The Kier molecular flexibility index (Phi) is 6.65. The van der Waals surface area contributed by atoms with Crippen molar-refractivity contribution in [2.24, 2.45) is 5.92 Å². The van der Waals surface area contributed by atoms with Crippen LogP contribution in [0.5, 0.6) is 0 Å². The summed E-state index contributed by atoms with van der Waals surface area (Å²) in [6.45, 7) is 6.53. The van der Waals surface area contributed by atoms with Crippen LogP contribution in [0.2, 0.25) is 0 Å². The zero-order valence-corrected chi connectivity index (χ0v) is 12.7. The van der Waals surface area contributed by atoms with Crippen molar-refractivity contribution in [1.29, 1.82) is 0 Å². The monoisotopic (exact) mass is 305 g/mol. The quantitative estimate of drug-likeness (QED) is 0.672. The molecule has 1 aromatic rings. The first-order valence-electron chi connectivity index (χ1n) is 7.44. The highest BCUT2D eigenvalue weighted by Crippen LogP contribution is 2.35. The molecule has 0 radical (unpaired) electrons. The predicted octanol–water partition coefficient (Wildman–Crippen LogP) is 5.32. The van der Waals surface area contributed by atoms with Gasteiger partial charge in [-0.3, -0.25) is 0 Å². The lowest BCUT2D eigenvalue weighted by molar-refractivity contribution is -0.140. The molecular weight excluding hydrogens is 282 g/mol. The molecule has 0 aliphatic carbocycles. The molecule has 1 N–H and O–H groups in total. The maximum absolute atomic E-state index is 14.2. The van der Waals surface area contributed by atoms with Crippen LogP contribution >= 0.6 is 0 Å². The Hall–Kier alpha value is -1.10. The summed E-state index contributed by atoms with van der Waals surface area (Å²) in [5.41, 5.74) is -1.08. The summed E-state index contributed by atoms with van der Waals surface area (Å²) in [6, 6.07) is 3.12. The summed E-state index contributed by atoms with van der Waals surface area (Å²) in [6.07, 6.45) is -2.16. The van der Waals surface area contributed by atoms with E-state index in [0.717, 1.165) is 18.9 Å². The third kappa shape index (κ3) is 4.70. The van der Waals surface area contributed by atoms with E-state index >= 15 is 0 Å². The van der Waals surface area contributed by atoms with Crippen molar-refractivity contribution >= 4 is 0 Å². The van der Waals surface area contributed by atoms with Crippen LogP contribution in [-0.2, 0) is 6.18 Å². The Bertz CT molecular complexity index is 438. The van der Waals surface area contributed by atoms with Crippen LogP contribution < -0.4 is 5.32 Å². The van der Waals surface area contributed by atoms with Gasteiger partial charge in [-0.25, -0.2) is 4.39 Å². The van der Waals surface area contributed by atoms with Crippen molar-refractivity contribution in [3.8, 4) is 0 Å². The fraction of sp³-hybridized carbons (Fsp3) is 0.625. The highest BCUT2D eigenvalue weighted by Gasteiger charge is 2.35. The first-order chi connectivity index (χ1) is 9.85. The van der Waals surface area contributed by atoms with Crippen LogP contribution in [0.25, 0.3) is 0 Å². The summed E-state index contributed by atoms with van der Waals surface area (Å²) in [7, 11) is 0. The zero-order chi connectivity index (χ0) is 16.0. The number of halogens is 4. The van der Waals surface area contributed by atoms with E-state index in [2.05, 4.69) is 5.32 Å². The van der Waals surface area contributed by atoms with E-state index in [-0.39, 0.29) is 11.6 Å². The molecule has 5 heteroatoms. The van der Waals surface area contributed by atoms with Crippen LogP contribution in [0.15, 0.2) is 18.2 Å². The highest BCUT2D eigenvalue weighted by molar-refractivity contribution is 5.30. The molecule has 0 aliphatic rings. The van der Waals surface area contributed by atoms with Crippen LogP contribution in [0, 0.1) is 11.7 Å². The molecule has 0 saturated heterocycles. The van der Waals surface area contributed by atoms with Crippen molar-refractivity contribution in [3.63, 3.8) is 0 Å². The van der Waals surface area contributed by atoms with Crippen molar-refractivity contribution in [3.05, 3.63) is 35.1 Å². The second-order valence-electron chi connectivity index (χ2n) is 5.24. The molecule has 1 aromatic carbocycles. The molecule has 1 atom stereocenters. The van der Waals surface area contributed by atoms with Gasteiger partial charge in [-0.1, -0.05) is 45.7 Å². The molecule has 0 aromatic heterocycles. The first-order valence-corrected chi connectivity index (χ1v) is 7.44. The lowest BCUT2D eigenvalue weighted by Gasteiger charge is -2.24. The highest BCUT2D eigenvalue weighted by atomic mass is 19.4. The summed E-state index contributed by atoms with van der Waals surface area (Å²) >= 11 is 0. The molecule has 0 amide bonds. The Morgan fingerprint density at radius 1 is 1.10 bits per heavy atom. The summed E-state index contributed by atoms with van der Waals surface area (Å²) in [4.78, 5) is 0. The van der Waals surface area contributed by atoms with Gasteiger partial charge in [-0.2, -0.15) is 13.2 Å². The smallest absolute Gasteiger partial charge is 0.310 e. The van der Waals surface area contributed by atoms with Gasteiger partial charge in [0.1, 0.15) is 5.82 Å². The minimum Gasteiger partial charge on any atom is -0.310 e. The zero-order valence-electron chi connectivity index (χ0n) is 12.7. The van der Waals surface area contributed by atoms with E-state index in [4.69, 9.17) is 0 Å². The minimum absolute atomic E-state index is 0.110. The SMILES string of the molecule is CCNC(CC(CC)CC)c1cccc(C(F)(F)F)c1F. The molecular formula is C16H23F4N. The fourth-order valence-corrected chi connectivity index (χ4v) is 2.56. The standard InChI is InChI=1S/C16H23F4N/c1-4-11(5-2)10-14(21-6-3)12-8-7-9-13(15(12)17)16(18,19)20/h7-9,11,14,21H,4-6,10H2,1-3H3. The van der Waals surface area contributed by atoms with Gasteiger partial charge < -0.3 is 5.32 Å². The topological polar surface area (TPSA) is 12.0 Å². The van der Waals surface area contributed by atoms with Gasteiger partial charge in [-0.05, 0) is 24.9 Å². The Balaban J connectivity index is 3.14. The molecule has 0 heterocycles. The molecule has 0 bridgehead atoms. The maximum atomic E-state index is 14.2. The van der Waals surface area contributed by atoms with E-state index in [1.807, 2.05) is 20.8 Å². The molecule has 0 saturated carbocycles. The fourth-order valence-electron chi connectivity index (χ4n) is 2.56. The van der Waals surface area contributed by atoms with Crippen LogP contribution in [-0.4, -0.2) is 6.54 Å². The van der Waals surface area contributed by atoms with E-state index in [1.165, 1.54) is 12.1 Å². The van der Waals surface area contributed by atoms with Gasteiger partial charge in [0.2, 0.25) is 0 Å². The lowest BCUT2D eigenvalue weighted by atomic mass is 9.90. The number of benzene rings is 1. The second-order valence-corrected chi connectivity index (χ2v) is 5.24. The normalized spacial score (nSPS) is 13.7. The molecule has 0 fully saturated rings. The summed E-state index contributed by atoms with van der Waals surface area (Å²) < 4.78 is 52.7. The number of hydrogen-bond acceptors (Lipinski definition) is 1. The van der Waals surface area contributed by atoms with Crippen LogP contribution in [0.1, 0.15) is 57.2 Å². The molecule has 21 heavy (non-hydrogen) atoms. The Labute approximate surface area is 123 Å². The summed E-state index contributed by atoms with van der Waals surface area (Å²) in [5.74, 6) is -0.787. The van der Waals surface area contributed by atoms with E-state index in [0.29, 0.717) is 18.9 Å². The maximum Gasteiger partial charge on any atom is 0.419 e.